The topological polar surface area (TPSA) is 64.0 Å². The van der Waals surface area contributed by atoms with Gasteiger partial charge in [-0.1, -0.05) is 72.3 Å². The quantitative estimate of drug-likeness (QED) is 0.331. The molecule has 2 aromatic heterocycles. The highest BCUT2D eigenvalue weighted by Crippen LogP contribution is 2.32. The van der Waals surface area contributed by atoms with Gasteiger partial charge >= 0.3 is 0 Å². The number of carbonyl (C=O) groups is 1. The molecule has 5 rings (SSSR count). The van der Waals surface area contributed by atoms with Crippen LogP contribution in [0.25, 0.3) is 32.5 Å². The van der Waals surface area contributed by atoms with E-state index in [9.17, 15) is 9.59 Å². The number of hydrogen-bond donors (Lipinski definition) is 1. The van der Waals surface area contributed by atoms with E-state index in [0.29, 0.717) is 15.9 Å². The zero-order valence-electron chi connectivity index (χ0n) is 18.9. The average Bonchev–Trinajstić information content (AvgIpc) is 3.31. The third-order valence-electron chi connectivity index (χ3n) is 5.94. The van der Waals surface area contributed by atoms with E-state index in [1.807, 2.05) is 66.9 Å². The fourth-order valence-electron chi connectivity index (χ4n) is 3.92. The standard InChI is InChI=1S/C28H23N3O2S/c1-18-8-14-23(15-9-18)30-26(32)19(2)31-17-29-27-25(28(31)33)24(16-34-27)22-12-10-21(11-13-22)20-6-4-3-5-7-20/h3-17,19H,1-2H3,(H,30,32). The molecule has 0 aliphatic carbocycles. The van der Waals surface area contributed by atoms with Gasteiger partial charge in [0.15, 0.2) is 0 Å². The van der Waals surface area contributed by atoms with Gasteiger partial charge in [-0.05, 0) is 42.7 Å². The van der Waals surface area contributed by atoms with Crippen molar-refractivity contribution in [1.82, 2.24) is 9.55 Å². The fraction of sp³-hybridized carbons (Fsp3) is 0.107. The van der Waals surface area contributed by atoms with Crippen LogP contribution in [-0.2, 0) is 4.79 Å². The first-order valence-corrected chi connectivity index (χ1v) is 11.9. The van der Waals surface area contributed by atoms with Crippen molar-refractivity contribution in [3.63, 3.8) is 0 Å². The van der Waals surface area contributed by atoms with Crippen LogP contribution in [-0.4, -0.2) is 15.5 Å². The number of thiophene rings is 1. The highest BCUT2D eigenvalue weighted by Gasteiger charge is 2.20. The maximum atomic E-state index is 13.5. The lowest BCUT2D eigenvalue weighted by molar-refractivity contribution is -0.118. The molecule has 0 fully saturated rings. The van der Waals surface area contributed by atoms with E-state index in [1.54, 1.807) is 6.92 Å². The molecule has 1 unspecified atom stereocenters. The summed E-state index contributed by atoms with van der Waals surface area (Å²) in [5, 5.41) is 5.37. The third-order valence-corrected chi connectivity index (χ3v) is 6.82. The zero-order chi connectivity index (χ0) is 23.7. The van der Waals surface area contributed by atoms with Crippen LogP contribution in [0.3, 0.4) is 0 Å². The summed E-state index contributed by atoms with van der Waals surface area (Å²) in [5.74, 6) is -0.268. The minimum absolute atomic E-state index is 0.222. The van der Waals surface area contributed by atoms with Crippen LogP contribution in [0.2, 0.25) is 0 Å². The molecule has 0 bridgehead atoms. The molecule has 0 spiro atoms. The van der Waals surface area contributed by atoms with Gasteiger partial charge in [0.1, 0.15) is 10.9 Å². The number of aromatic nitrogens is 2. The first-order valence-electron chi connectivity index (χ1n) is 11.0. The number of aryl methyl sites for hydroxylation is 1. The molecule has 0 saturated carbocycles. The van der Waals surface area contributed by atoms with Crippen molar-refractivity contribution in [2.45, 2.75) is 19.9 Å². The van der Waals surface area contributed by atoms with Crippen molar-refractivity contribution in [1.29, 1.82) is 0 Å². The summed E-state index contributed by atoms with van der Waals surface area (Å²) in [6, 6.07) is 25.2. The molecule has 1 amide bonds. The van der Waals surface area contributed by atoms with Crippen molar-refractivity contribution in [3.8, 4) is 22.3 Å². The smallest absolute Gasteiger partial charge is 0.263 e. The Bertz CT molecular complexity index is 1520. The number of amides is 1. The SMILES string of the molecule is Cc1ccc(NC(=O)C(C)n2cnc3scc(-c4ccc(-c5ccccc5)cc4)c3c2=O)cc1. The largest absolute Gasteiger partial charge is 0.324 e. The Morgan fingerprint density at radius 1 is 0.912 bits per heavy atom. The molecule has 2 heterocycles. The van der Waals surface area contributed by atoms with Crippen molar-refractivity contribution in [3.05, 3.63) is 106 Å². The highest BCUT2D eigenvalue weighted by atomic mass is 32.1. The van der Waals surface area contributed by atoms with Crippen LogP contribution < -0.4 is 10.9 Å². The van der Waals surface area contributed by atoms with E-state index in [4.69, 9.17) is 0 Å². The van der Waals surface area contributed by atoms with Gasteiger partial charge in [0.2, 0.25) is 5.91 Å². The van der Waals surface area contributed by atoms with Crippen molar-refractivity contribution in [2.24, 2.45) is 0 Å². The predicted molar refractivity (Wildman–Crippen MR) is 139 cm³/mol. The molecule has 0 saturated heterocycles. The normalized spacial score (nSPS) is 11.9. The van der Waals surface area contributed by atoms with Crippen LogP contribution in [0, 0.1) is 6.92 Å². The lowest BCUT2D eigenvalue weighted by Gasteiger charge is -2.15. The van der Waals surface area contributed by atoms with Gasteiger partial charge in [0, 0.05) is 16.6 Å². The summed E-state index contributed by atoms with van der Waals surface area (Å²) >= 11 is 1.43. The zero-order valence-corrected chi connectivity index (χ0v) is 19.7. The second kappa shape index (κ2) is 9.08. The van der Waals surface area contributed by atoms with Crippen LogP contribution in [0.4, 0.5) is 5.69 Å². The second-order valence-electron chi connectivity index (χ2n) is 8.26. The molecule has 5 nitrogen and oxygen atoms in total. The Morgan fingerprint density at radius 2 is 1.56 bits per heavy atom. The van der Waals surface area contributed by atoms with E-state index >= 15 is 0 Å². The molecule has 3 aromatic carbocycles. The molecule has 0 radical (unpaired) electrons. The number of anilines is 1. The summed E-state index contributed by atoms with van der Waals surface area (Å²) in [6.07, 6.45) is 1.46. The summed E-state index contributed by atoms with van der Waals surface area (Å²) in [7, 11) is 0. The number of carbonyl (C=O) groups excluding carboxylic acids is 1. The maximum absolute atomic E-state index is 13.5. The summed E-state index contributed by atoms with van der Waals surface area (Å²) in [6.45, 7) is 3.70. The second-order valence-corrected chi connectivity index (χ2v) is 9.12. The molecule has 1 N–H and O–H groups in total. The molecule has 0 aliphatic rings. The number of benzene rings is 3. The lowest BCUT2D eigenvalue weighted by Crippen LogP contribution is -2.31. The molecule has 0 aliphatic heterocycles. The Kier molecular flexibility index (Phi) is 5.82. The van der Waals surface area contributed by atoms with E-state index in [-0.39, 0.29) is 11.5 Å². The Balaban J connectivity index is 1.47. The molecule has 6 heteroatoms. The lowest BCUT2D eigenvalue weighted by atomic mass is 10.0. The van der Waals surface area contributed by atoms with Gasteiger partial charge in [-0.15, -0.1) is 11.3 Å². The predicted octanol–water partition coefficient (Wildman–Crippen LogP) is 6.30. The van der Waals surface area contributed by atoms with Crippen molar-refractivity contribution >= 4 is 33.1 Å². The van der Waals surface area contributed by atoms with Crippen LogP contribution in [0.15, 0.2) is 95.4 Å². The molecule has 34 heavy (non-hydrogen) atoms. The van der Waals surface area contributed by atoms with E-state index in [2.05, 4.69) is 34.6 Å². The first kappa shape index (κ1) is 21.8. The van der Waals surface area contributed by atoms with E-state index in [1.165, 1.54) is 22.2 Å². The number of fused-ring (bicyclic) bond motifs is 1. The summed E-state index contributed by atoms with van der Waals surface area (Å²) in [5.41, 5.74) is 5.61. The third kappa shape index (κ3) is 4.16. The number of nitrogens with one attached hydrogen (secondary N) is 1. The maximum Gasteiger partial charge on any atom is 0.263 e. The van der Waals surface area contributed by atoms with Crippen LogP contribution in [0.5, 0.6) is 0 Å². The minimum atomic E-state index is -0.709. The van der Waals surface area contributed by atoms with Gasteiger partial charge in [-0.3, -0.25) is 14.2 Å². The fourth-order valence-corrected chi connectivity index (χ4v) is 4.82. The van der Waals surface area contributed by atoms with Crippen LogP contribution in [0.1, 0.15) is 18.5 Å². The van der Waals surface area contributed by atoms with Gasteiger partial charge in [0.25, 0.3) is 5.56 Å². The molecular weight excluding hydrogens is 442 g/mol. The van der Waals surface area contributed by atoms with Crippen molar-refractivity contribution < 1.29 is 4.79 Å². The number of hydrogen-bond acceptors (Lipinski definition) is 4. The monoisotopic (exact) mass is 465 g/mol. The first-order chi connectivity index (χ1) is 16.5. The van der Waals surface area contributed by atoms with E-state index < -0.39 is 6.04 Å². The Morgan fingerprint density at radius 3 is 2.26 bits per heavy atom. The van der Waals surface area contributed by atoms with E-state index in [0.717, 1.165) is 27.8 Å². The van der Waals surface area contributed by atoms with Gasteiger partial charge in [-0.25, -0.2) is 4.98 Å². The molecule has 168 valence electrons. The number of nitrogens with zero attached hydrogens (tertiary/aromatic N) is 2. The number of rotatable bonds is 5. The average molecular weight is 466 g/mol. The van der Waals surface area contributed by atoms with Gasteiger partial charge in [0.05, 0.1) is 11.7 Å². The van der Waals surface area contributed by atoms with Gasteiger partial charge in [-0.2, -0.15) is 0 Å². The summed E-state index contributed by atoms with van der Waals surface area (Å²) in [4.78, 5) is 31.5. The molecule has 5 aromatic rings. The minimum Gasteiger partial charge on any atom is -0.324 e. The van der Waals surface area contributed by atoms with Gasteiger partial charge < -0.3 is 5.32 Å². The molecule has 1 atom stereocenters. The van der Waals surface area contributed by atoms with Crippen LogP contribution >= 0.6 is 11.3 Å². The molecular formula is C28H23N3O2S. The summed E-state index contributed by atoms with van der Waals surface area (Å²) < 4.78 is 1.40. The Hall–Kier alpha value is -4.03. The van der Waals surface area contributed by atoms with Crippen molar-refractivity contribution in [2.75, 3.05) is 5.32 Å². The Labute approximate surface area is 201 Å². The highest BCUT2D eigenvalue weighted by molar-refractivity contribution is 7.17.